The SMILES string of the molecule is CC(C)CCC(C)N1CC(CC(C)C)NCC1C(C)C. The molecule has 2 nitrogen and oxygen atoms in total. The lowest BCUT2D eigenvalue weighted by atomic mass is 9.92. The van der Waals surface area contributed by atoms with Gasteiger partial charge in [0.15, 0.2) is 0 Å². The predicted octanol–water partition coefficient (Wildman–Crippen LogP) is 4.16. The lowest BCUT2D eigenvalue weighted by Crippen LogP contribution is -2.60. The molecule has 1 rings (SSSR count). The molecule has 3 unspecified atom stereocenters. The Hall–Kier alpha value is -0.0800. The van der Waals surface area contributed by atoms with Gasteiger partial charge in [0.1, 0.15) is 0 Å². The Morgan fingerprint density at radius 2 is 1.60 bits per heavy atom. The minimum atomic E-state index is 0.687. The standard InChI is InChI=1S/C18H38N2/c1-13(2)8-9-16(7)20-12-17(10-14(3)4)19-11-18(20)15(5)6/h13-19H,8-12H2,1-7H3. The third-order valence-electron chi connectivity index (χ3n) is 4.73. The quantitative estimate of drug-likeness (QED) is 0.754. The van der Waals surface area contributed by atoms with Crippen LogP contribution in [0.5, 0.6) is 0 Å². The van der Waals surface area contributed by atoms with Gasteiger partial charge in [0.25, 0.3) is 0 Å². The van der Waals surface area contributed by atoms with E-state index in [-0.39, 0.29) is 0 Å². The zero-order chi connectivity index (χ0) is 15.3. The molecule has 120 valence electrons. The fourth-order valence-corrected chi connectivity index (χ4v) is 3.45. The van der Waals surface area contributed by atoms with Crippen molar-refractivity contribution in [2.45, 2.75) is 85.9 Å². The van der Waals surface area contributed by atoms with Crippen LogP contribution in [-0.4, -0.2) is 36.1 Å². The number of piperazine rings is 1. The van der Waals surface area contributed by atoms with Crippen LogP contribution in [0.1, 0.15) is 67.7 Å². The summed E-state index contributed by atoms with van der Waals surface area (Å²) in [6, 6.07) is 2.12. The van der Waals surface area contributed by atoms with E-state index < -0.39 is 0 Å². The van der Waals surface area contributed by atoms with Gasteiger partial charge in [-0.05, 0) is 43.9 Å². The van der Waals surface area contributed by atoms with Crippen molar-refractivity contribution in [1.82, 2.24) is 10.2 Å². The van der Waals surface area contributed by atoms with Gasteiger partial charge in [-0.1, -0.05) is 41.5 Å². The van der Waals surface area contributed by atoms with Crippen LogP contribution in [0.2, 0.25) is 0 Å². The minimum Gasteiger partial charge on any atom is -0.311 e. The molecule has 20 heavy (non-hydrogen) atoms. The zero-order valence-electron chi connectivity index (χ0n) is 14.9. The smallest absolute Gasteiger partial charge is 0.0247 e. The fourth-order valence-electron chi connectivity index (χ4n) is 3.45. The van der Waals surface area contributed by atoms with E-state index in [0.717, 1.165) is 23.8 Å². The van der Waals surface area contributed by atoms with Crippen molar-refractivity contribution < 1.29 is 0 Å². The van der Waals surface area contributed by atoms with Gasteiger partial charge < -0.3 is 5.32 Å². The van der Waals surface area contributed by atoms with Gasteiger partial charge in [-0.3, -0.25) is 4.90 Å². The summed E-state index contributed by atoms with van der Waals surface area (Å²) in [4.78, 5) is 2.80. The summed E-state index contributed by atoms with van der Waals surface area (Å²) in [5.74, 6) is 2.35. The normalized spacial score (nSPS) is 26.7. The Labute approximate surface area is 127 Å². The first-order valence-corrected chi connectivity index (χ1v) is 8.80. The Balaban J connectivity index is 2.62. The molecule has 1 heterocycles. The van der Waals surface area contributed by atoms with Crippen LogP contribution in [0.4, 0.5) is 0 Å². The van der Waals surface area contributed by atoms with E-state index in [2.05, 4.69) is 58.7 Å². The molecule has 3 atom stereocenters. The zero-order valence-corrected chi connectivity index (χ0v) is 14.9. The summed E-state index contributed by atoms with van der Waals surface area (Å²) >= 11 is 0. The Kier molecular flexibility index (Phi) is 7.53. The molecule has 0 spiro atoms. The lowest BCUT2D eigenvalue weighted by molar-refractivity contribution is 0.0522. The van der Waals surface area contributed by atoms with Crippen LogP contribution in [0.3, 0.4) is 0 Å². The van der Waals surface area contributed by atoms with Crippen molar-refractivity contribution in [3.05, 3.63) is 0 Å². The summed E-state index contributed by atoms with van der Waals surface area (Å²) in [7, 11) is 0. The summed E-state index contributed by atoms with van der Waals surface area (Å²) in [6.45, 7) is 18.9. The van der Waals surface area contributed by atoms with Crippen molar-refractivity contribution in [2.24, 2.45) is 17.8 Å². The van der Waals surface area contributed by atoms with Crippen LogP contribution in [0.25, 0.3) is 0 Å². The Bertz CT molecular complexity index is 260. The first-order chi connectivity index (χ1) is 9.31. The van der Waals surface area contributed by atoms with Gasteiger partial charge >= 0.3 is 0 Å². The van der Waals surface area contributed by atoms with Crippen molar-refractivity contribution in [2.75, 3.05) is 13.1 Å². The van der Waals surface area contributed by atoms with Gasteiger partial charge in [0.05, 0.1) is 0 Å². The monoisotopic (exact) mass is 282 g/mol. The van der Waals surface area contributed by atoms with Gasteiger partial charge in [-0.15, -0.1) is 0 Å². The van der Waals surface area contributed by atoms with E-state index in [9.17, 15) is 0 Å². The molecule has 2 heteroatoms. The van der Waals surface area contributed by atoms with Crippen LogP contribution < -0.4 is 5.32 Å². The molecule has 1 aliphatic rings. The maximum Gasteiger partial charge on any atom is 0.0247 e. The molecule has 0 amide bonds. The molecule has 0 saturated carbocycles. The number of rotatable bonds is 7. The second kappa shape index (κ2) is 8.38. The number of hydrogen-bond acceptors (Lipinski definition) is 2. The molecule has 0 aromatic heterocycles. The number of nitrogens with one attached hydrogen (secondary N) is 1. The Morgan fingerprint density at radius 3 is 2.10 bits per heavy atom. The predicted molar refractivity (Wildman–Crippen MR) is 90.1 cm³/mol. The molecular formula is C18H38N2. The van der Waals surface area contributed by atoms with E-state index in [1.165, 1.54) is 32.4 Å². The summed E-state index contributed by atoms with van der Waals surface area (Å²) in [5, 5.41) is 3.79. The lowest BCUT2D eigenvalue weighted by Gasteiger charge is -2.46. The van der Waals surface area contributed by atoms with Crippen molar-refractivity contribution in [3.8, 4) is 0 Å². The average Bonchev–Trinajstić information content (AvgIpc) is 2.34. The van der Waals surface area contributed by atoms with Gasteiger partial charge in [0, 0.05) is 31.2 Å². The highest BCUT2D eigenvalue weighted by molar-refractivity contribution is 4.90. The molecule has 0 aromatic rings. The van der Waals surface area contributed by atoms with Crippen LogP contribution in [-0.2, 0) is 0 Å². The average molecular weight is 283 g/mol. The van der Waals surface area contributed by atoms with Gasteiger partial charge in [0.2, 0.25) is 0 Å². The molecule has 1 N–H and O–H groups in total. The van der Waals surface area contributed by atoms with Crippen LogP contribution in [0.15, 0.2) is 0 Å². The van der Waals surface area contributed by atoms with Gasteiger partial charge in [-0.2, -0.15) is 0 Å². The highest BCUT2D eigenvalue weighted by Gasteiger charge is 2.32. The van der Waals surface area contributed by atoms with Crippen LogP contribution in [0, 0.1) is 17.8 Å². The first-order valence-electron chi connectivity index (χ1n) is 8.80. The largest absolute Gasteiger partial charge is 0.311 e. The fraction of sp³-hybridized carbons (Fsp3) is 1.00. The highest BCUT2D eigenvalue weighted by Crippen LogP contribution is 2.23. The third kappa shape index (κ3) is 5.73. The highest BCUT2D eigenvalue weighted by atomic mass is 15.3. The Morgan fingerprint density at radius 1 is 0.950 bits per heavy atom. The summed E-state index contributed by atoms with van der Waals surface area (Å²) < 4.78 is 0. The van der Waals surface area contributed by atoms with Crippen molar-refractivity contribution in [3.63, 3.8) is 0 Å². The minimum absolute atomic E-state index is 0.687. The van der Waals surface area contributed by atoms with E-state index in [0.29, 0.717) is 12.1 Å². The second-order valence-corrected chi connectivity index (χ2v) is 8.06. The molecule has 1 fully saturated rings. The molecule has 0 bridgehead atoms. The first kappa shape index (κ1) is 18.0. The molecule has 1 saturated heterocycles. The van der Waals surface area contributed by atoms with Crippen molar-refractivity contribution >= 4 is 0 Å². The van der Waals surface area contributed by atoms with E-state index in [1.807, 2.05) is 0 Å². The third-order valence-corrected chi connectivity index (χ3v) is 4.73. The maximum absolute atomic E-state index is 3.79. The molecular weight excluding hydrogens is 244 g/mol. The topological polar surface area (TPSA) is 15.3 Å². The molecule has 0 aliphatic carbocycles. The van der Waals surface area contributed by atoms with E-state index in [4.69, 9.17) is 0 Å². The van der Waals surface area contributed by atoms with Crippen molar-refractivity contribution in [1.29, 1.82) is 0 Å². The maximum atomic E-state index is 3.79. The van der Waals surface area contributed by atoms with E-state index in [1.54, 1.807) is 0 Å². The summed E-state index contributed by atoms with van der Waals surface area (Å²) in [6.07, 6.45) is 4.00. The molecule has 1 aliphatic heterocycles. The summed E-state index contributed by atoms with van der Waals surface area (Å²) in [5.41, 5.74) is 0. The number of nitrogens with zero attached hydrogens (tertiary/aromatic N) is 1. The second-order valence-electron chi connectivity index (χ2n) is 8.06. The molecule has 0 radical (unpaired) electrons. The number of hydrogen-bond donors (Lipinski definition) is 1. The van der Waals surface area contributed by atoms with Gasteiger partial charge in [-0.25, -0.2) is 0 Å². The van der Waals surface area contributed by atoms with Crippen LogP contribution >= 0.6 is 0 Å². The van der Waals surface area contributed by atoms with E-state index >= 15 is 0 Å². The molecule has 0 aromatic carbocycles.